The van der Waals surface area contributed by atoms with Gasteiger partial charge in [-0.25, -0.2) is 13.1 Å². The molecular formula is C5H10F2N2O2S. The van der Waals surface area contributed by atoms with Crippen LogP contribution in [-0.4, -0.2) is 33.3 Å². The summed E-state index contributed by atoms with van der Waals surface area (Å²) in [6.07, 6.45) is 0.561. The van der Waals surface area contributed by atoms with E-state index < -0.39 is 15.8 Å². The molecule has 1 rings (SSSR count). The molecule has 72 valence electrons. The predicted octanol–water partition coefficient (Wildman–Crippen LogP) is -0.510. The van der Waals surface area contributed by atoms with Crippen molar-refractivity contribution in [1.82, 2.24) is 10.0 Å². The topological polar surface area (TPSA) is 58.2 Å². The molecule has 0 aromatic heterocycles. The third kappa shape index (κ3) is 2.36. The first kappa shape index (κ1) is 9.82. The van der Waals surface area contributed by atoms with Crippen LogP contribution in [0.25, 0.3) is 0 Å². The fourth-order valence-electron chi connectivity index (χ4n) is 1.04. The maximum atomic E-state index is 11.8. The van der Waals surface area contributed by atoms with E-state index in [0.717, 1.165) is 0 Å². The second-order valence-corrected chi connectivity index (χ2v) is 4.30. The maximum Gasteiger partial charge on any atom is 0.350 e. The van der Waals surface area contributed by atoms with Gasteiger partial charge < -0.3 is 5.32 Å². The van der Waals surface area contributed by atoms with E-state index in [0.29, 0.717) is 19.5 Å². The average Bonchev–Trinajstić information content (AvgIpc) is 2.38. The largest absolute Gasteiger partial charge is 0.350 e. The highest BCUT2D eigenvalue weighted by Crippen LogP contribution is 2.06. The van der Waals surface area contributed by atoms with Gasteiger partial charge in [-0.1, -0.05) is 0 Å². The zero-order valence-corrected chi connectivity index (χ0v) is 7.07. The van der Waals surface area contributed by atoms with E-state index in [1.54, 1.807) is 0 Å². The van der Waals surface area contributed by atoms with Crippen molar-refractivity contribution in [2.75, 3.05) is 13.1 Å². The molecule has 0 aromatic carbocycles. The molecule has 1 aliphatic heterocycles. The Morgan fingerprint density at radius 2 is 2.17 bits per heavy atom. The molecule has 1 unspecified atom stereocenters. The first-order valence-corrected chi connectivity index (χ1v) is 5.07. The molecule has 1 saturated heterocycles. The fraction of sp³-hybridized carbons (Fsp3) is 1.00. The number of hydrogen-bond acceptors (Lipinski definition) is 3. The van der Waals surface area contributed by atoms with Crippen molar-refractivity contribution in [2.24, 2.45) is 0 Å². The third-order valence-electron chi connectivity index (χ3n) is 1.63. The molecule has 7 heteroatoms. The van der Waals surface area contributed by atoms with Crippen LogP contribution in [0.5, 0.6) is 0 Å². The second-order valence-electron chi connectivity index (χ2n) is 2.61. The Morgan fingerprint density at radius 3 is 2.58 bits per heavy atom. The summed E-state index contributed by atoms with van der Waals surface area (Å²) >= 11 is 0. The minimum atomic E-state index is -4.40. The van der Waals surface area contributed by atoms with Gasteiger partial charge in [0.1, 0.15) is 0 Å². The normalized spacial score (nSPS) is 25.1. The van der Waals surface area contributed by atoms with Crippen molar-refractivity contribution < 1.29 is 17.2 Å². The number of nitrogens with one attached hydrogen (secondary N) is 2. The molecule has 0 aromatic rings. The van der Waals surface area contributed by atoms with Gasteiger partial charge in [0.05, 0.1) is 0 Å². The summed E-state index contributed by atoms with van der Waals surface area (Å²) < 4.78 is 46.7. The Balaban J connectivity index is 2.49. The van der Waals surface area contributed by atoms with Crippen molar-refractivity contribution in [2.45, 2.75) is 18.2 Å². The first-order chi connectivity index (χ1) is 5.52. The summed E-state index contributed by atoms with van der Waals surface area (Å²) in [6.45, 7) is 1.09. The molecule has 0 radical (unpaired) electrons. The maximum absolute atomic E-state index is 11.8. The van der Waals surface area contributed by atoms with Crippen LogP contribution in [0.15, 0.2) is 0 Å². The summed E-state index contributed by atoms with van der Waals surface area (Å²) in [5.41, 5.74) is 0. The first-order valence-electron chi connectivity index (χ1n) is 3.52. The van der Waals surface area contributed by atoms with Crippen LogP contribution in [-0.2, 0) is 10.0 Å². The smallest absolute Gasteiger partial charge is 0.315 e. The SMILES string of the molecule is O=S(=O)(NC1CCNC1)C(F)F. The van der Waals surface area contributed by atoms with Crippen LogP contribution in [0, 0.1) is 0 Å². The van der Waals surface area contributed by atoms with E-state index in [1.165, 1.54) is 0 Å². The summed E-state index contributed by atoms with van der Waals surface area (Å²) in [5.74, 6) is -3.34. The standard InChI is InChI=1S/C5H10F2N2O2S/c6-5(7)12(10,11)9-4-1-2-8-3-4/h4-5,8-9H,1-3H2. The number of sulfonamides is 1. The zero-order valence-electron chi connectivity index (χ0n) is 6.26. The van der Waals surface area contributed by atoms with Gasteiger partial charge in [-0.15, -0.1) is 0 Å². The molecule has 0 saturated carbocycles. The quantitative estimate of drug-likeness (QED) is 0.645. The molecule has 1 heterocycles. The molecule has 0 aliphatic carbocycles. The van der Waals surface area contributed by atoms with Crippen molar-refractivity contribution in [3.05, 3.63) is 0 Å². The highest BCUT2D eigenvalue weighted by atomic mass is 32.2. The van der Waals surface area contributed by atoms with Crippen molar-refractivity contribution in [3.8, 4) is 0 Å². The Kier molecular flexibility index (Phi) is 2.97. The van der Waals surface area contributed by atoms with Gasteiger partial charge in [-0.3, -0.25) is 0 Å². The summed E-state index contributed by atoms with van der Waals surface area (Å²) in [4.78, 5) is 0. The van der Waals surface area contributed by atoms with E-state index in [1.807, 2.05) is 4.72 Å². The monoisotopic (exact) mass is 200 g/mol. The van der Waals surface area contributed by atoms with Crippen LogP contribution < -0.4 is 10.0 Å². The Labute approximate surface area is 69.4 Å². The van der Waals surface area contributed by atoms with Gasteiger partial charge in [0.15, 0.2) is 0 Å². The van der Waals surface area contributed by atoms with Gasteiger partial charge in [-0.2, -0.15) is 8.78 Å². The summed E-state index contributed by atoms with van der Waals surface area (Å²) in [7, 11) is -4.40. The third-order valence-corrected chi connectivity index (χ3v) is 2.76. The zero-order chi connectivity index (χ0) is 9.19. The highest BCUT2D eigenvalue weighted by molar-refractivity contribution is 7.89. The van der Waals surface area contributed by atoms with E-state index in [4.69, 9.17) is 0 Å². The van der Waals surface area contributed by atoms with Crippen LogP contribution >= 0.6 is 0 Å². The van der Waals surface area contributed by atoms with Gasteiger partial charge in [0, 0.05) is 12.6 Å². The van der Waals surface area contributed by atoms with Gasteiger partial charge >= 0.3 is 5.76 Å². The number of hydrogen-bond donors (Lipinski definition) is 2. The van der Waals surface area contributed by atoms with E-state index >= 15 is 0 Å². The lowest BCUT2D eigenvalue weighted by atomic mass is 10.3. The molecule has 2 N–H and O–H groups in total. The molecule has 12 heavy (non-hydrogen) atoms. The molecule has 0 bridgehead atoms. The van der Waals surface area contributed by atoms with Crippen molar-refractivity contribution in [1.29, 1.82) is 0 Å². The molecule has 1 atom stereocenters. The Hall–Kier alpha value is -0.270. The van der Waals surface area contributed by atoms with Crippen LogP contribution in [0.4, 0.5) is 8.78 Å². The highest BCUT2D eigenvalue weighted by Gasteiger charge is 2.28. The average molecular weight is 200 g/mol. The lowest BCUT2D eigenvalue weighted by Crippen LogP contribution is -2.39. The van der Waals surface area contributed by atoms with Crippen molar-refractivity contribution in [3.63, 3.8) is 0 Å². The minimum Gasteiger partial charge on any atom is -0.315 e. The fourth-order valence-corrected chi connectivity index (χ4v) is 1.81. The minimum absolute atomic E-state index is 0.385. The lowest BCUT2D eigenvalue weighted by molar-refractivity contribution is 0.231. The molecular weight excluding hydrogens is 190 g/mol. The van der Waals surface area contributed by atoms with E-state index in [2.05, 4.69) is 5.32 Å². The number of rotatable bonds is 3. The molecule has 4 nitrogen and oxygen atoms in total. The van der Waals surface area contributed by atoms with Gasteiger partial charge in [-0.05, 0) is 13.0 Å². The van der Waals surface area contributed by atoms with E-state index in [9.17, 15) is 17.2 Å². The predicted molar refractivity (Wildman–Crippen MR) is 39.3 cm³/mol. The van der Waals surface area contributed by atoms with Crippen LogP contribution in [0.3, 0.4) is 0 Å². The second kappa shape index (κ2) is 3.63. The summed E-state index contributed by atoms with van der Waals surface area (Å²) in [5, 5.41) is 2.86. The molecule has 1 fully saturated rings. The Morgan fingerprint density at radius 1 is 1.50 bits per heavy atom. The molecule has 0 spiro atoms. The van der Waals surface area contributed by atoms with Crippen LogP contribution in [0.1, 0.15) is 6.42 Å². The molecule has 0 amide bonds. The molecule has 1 aliphatic rings. The van der Waals surface area contributed by atoms with Gasteiger partial charge in [0.2, 0.25) is 0 Å². The van der Waals surface area contributed by atoms with Crippen molar-refractivity contribution >= 4 is 10.0 Å². The van der Waals surface area contributed by atoms with Crippen LogP contribution in [0.2, 0.25) is 0 Å². The van der Waals surface area contributed by atoms with E-state index in [-0.39, 0.29) is 6.04 Å². The Bertz CT molecular complexity index is 236. The number of halogens is 2. The van der Waals surface area contributed by atoms with Gasteiger partial charge in [0.25, 0.3) is 10.0 Å². The number of alkyl halides is 2. The lowest BCUT2D eigenvalue weighted by Gasteiger charge is -2.10. The summed E-state index contributed by atoms with van der Waals surface area (Å²) in [6, 6.07) is -0.385.